The molecule has 2 fully saturated rings. The summed E-state index contributed by atoms with van der Waals surface area (Å²) in [7, 11) is 20.5. The highest BCUT2D eigenvalue weighted by atomic mass is 28.4. The van der Waals surface area contributed by atoms with Crippen molar-refractivity contribution in [2.24, 2.45) is 17.2 Å². The molecular weight excluding hydrogens is 1810 g/mol. The summed E-state index contributed by atoms with van der Waals surface area (Å²) in [4.78, 5) is 74.9. The van der Waals surface area contributed by atoms with Gasteiger partial charge in [0, 0.05) is 251 Å². The van der Waals surface area contributed by atoms with Crippen LogP contribution >= 0.6 is 0 Å². The Balaban J connectivity index is -0.000000271. The van der Waals surface area contributed by atoms with Gasteiger partial charge in [0.05, 0.1) is 26.7 Å². The number of methoxy groups -OCH3 is 3. The summed E-state index contributed by atoms with van der Waals surface area (Å²) in [5.74, 6) is -0.624. The molecule has 762 valence electrons. The van der Waals surface area contributed by atoms with Crippen molar-refractivity contribution in [3.63, 3.8) is 0 Å². The highest BCUT2D eigenvalue weighted by molar-refractivity contribution is 6.62. The Morgan fingerprint density at radius 3 is 0.727 bits per heavy atom. The van der Waals surface area contributed by atoms with Crippen LogP contribution < -0.4 is 27.8 Å². The van der Waals surface area contributed by atoms with Gasteiger partial charge < -0.3 is 131 Å². The van der Waals surface area contributed by atoms with Crippen molar-refractivity contribution in [3.8, 4) is 0 Å². The Morgan fingerprint density at radius 1 is 0.297 bits per heavy atom. The second-order valence-electron chi connectivity index (χ2n) is 31.9. The second kappa shape index (κ2) is 82.2. The number of likely N-dealkylation sites (tertiary alicyclic amines) is 2. The molecule has 0 unspecified atom stereocenters. The first-order valence-electron chi connectivity index (χ1n) is 43.3. The summed E-state index contributed by atoms with van der Waals surface area (Å²) < 4.78 is 153. The third kappa shape index (κ3) is 64.8. The lowest BCUT2D eigenvalue weighted by Crippen LogP contribution is -2.62. The van der Waals surface area contributed by atoms with Gasteiger partial charge >= 0.3 is 89.3 Å². The maximum atomic E-state index is 12.4. The van der Waals surface area contributed by atoms with E-state index in [9.17, 15) is 28.8 Å². The van der Waals surface area contributed by atoms with Gasteiger partial charge in [-0.3, -0.25) is 56.4 Å². The molecule has 0 bridgehead atoms. The van der Waals surface area contributed by atoms with E-state index in [4.69, 9.17) is 134 Å². The van der Waals surface area contributed by atoms with Crippen molar-refractivity contribution in [1.82, 2.24) is 20.4 Å². The average Bonchev–Trinajstić information content (AvgIpc) is 0.783. The number of hydrogen-bond acceptors (Lipinski definition) is 38. The first-order chi connectivity index (χ1) is 60.3. The Hall–Kier alpha value is -3.04. The molecule has 0 atom stereocenters. The van der Waals surface area contributed by atoms with Crippen LogP contribution in [0.2, 0.25) is 36.3 Å². The molecule has 0 aromatic rings. The molecule has 0 aliphatic carbocycles. The van der Waals surface area contributed by atoms with Gasteiger partial charge in [-0.05, 0) is 173 Å². The molecule has 2 aliphatic rings. The summed E-state index contributed by atoms with van der Waals surface area (Å²) in [5, 5.41) is 6.21. The molecule has 0 radical (unpaired) electrons. The number of nitrogens with two attached hydrogens (primary N) is 3. The number of nitrogens with one attached hydrogen (secondary N) is 2. The van der Waals surface area contributed by atoms with Crippen molar-refractivity contribution < 1.29 is 150 Å². The summed E-state index contributed by atoms with van der Waals surface area (Å²) in [6.07, 6.45) is 17.8. The Bertz CT molecular complexity index is 2610. The fourth-order valence-electron chi connectivity index (χ4n) is 13.7. The SMILES string of the molecule is COC(=O)CCC(=O)NC1CC(C)(C)N(C)C(C)(C)C1.COCCOC(=O)CCCCCC[Si](OC)(OC)OC.COCCOC(=O)CCCCCC[Si](OC)(OC)OC.CO[Si](CCCCC(=O)CCC(=O)NC1CC(C)(C)N(C)C(C)(C)C1)(OC)OC.CO[Si](CCCN)(OC)OC.CO[Si](CCCN)(OC)OC.CO[Si](CCCN)(OC)OC.O=[Si]=O.O=[Si]=O. The van der Waals surface area contributed by atoms with Gasteiger partial charge in [0.15, 0.2) is 0 Å². The van der Waals surface area contributed by atoms with Crippen molar-refractivity contribution in [2.45, 2.75) is 280 Å². The van der Waals surface area contributed by atoms with Gasteiger partial charge in [0.1, 0.15) is 19.0 Å². The molecule has 2 rings (SSSR count). The third-order valence-corrected chi connectivity index (χ3v) is 38.9. The molecule has 2 heterocycles. The lowest BCUT2D eigenvalue weighted by Gasteiger charge is -2.53. The van der Waals surface area contributed by atoms with E-state index in [1.165, 1.54) is 7.11 Å². The number of carbonyl (C=O) groups is 6. The smallest absolute Gasteiger partial charge is 0.469 e. The second-order valence-corrected chi connectivity index (χ2v) is 50.8. The average molecular weight is 1990 g/mol. The van der Waals surface area contributed by atoms with Crippen LogP contribution in [0.25, 0.3) is 0 Å². The monoisotopic (exact) mass is 1990 g/mol. The molecule has 40 nitrogen and oxygen atoms in total. The highest BCUT2D eigenvalue weighted by Crippen LogP contribution is 2.38. The minimum absolute atomic E-state index is 0.0240. The number of hydrogen-bond donors (Lipinski definition) is 5. The van der Waals surface area contributed by atoms with Gasteiger partial charge in [-0.1, -0.05) is 25.7 Å². The Kier molecular flexibility index (Phi) is 88.7. The van der Waals surface area contributed by atoms with Crippen LogP contribution in [0.15, 0.2) is 0 Å². The first kappa shape index (κ1) is 138. The molecule has 48 heteroatoms. The predicted octanol–water partition coefficient (Wildman–Crippen LogP) is 8.27. The normalized spacial score (nSPS) is 14.8. The standard InChI is InChI=1S/C21H42N2O5Si.C15H28N2O3.2C13H28O6Si.3C6H17NO3Si.2O2Si/c1-20(2)15-17(16-21(3,4)23(20)5)22-19(25)13-12-18(24)11-9-10-14-29(26-6,27-7)28-8;1-14(2)9-11(10-15(3,4)17(14)5)16-12(18)7-8-13(19)20-6;2*1-15-10-11-19-13(14)9-7-5-6-8-12-20(16-2,17-3)18-4;3*1-8-11(9-2,10-3)6-4-5-7;2*1-3-2/h17H,9-16H2,1-8H3,(H,22,25);11H,7-10H2,1-6H3,(H,16,18);2*5-12H2,1-4H3;3*4-7H2,1-3H3;;. The number of ketones is 1. The molecule has 2 aliphatic heterocycles. The van der Waals surface area contributed by atoms with Crippen LogP contribution in [0, 0.1) is 0 Å². The van der Waals surface area contributed by atoms with Crippen LogP contribution in [0.5, 0.6) is 0 Å². The molecular formula is C80H177N7O33Si8. The van der Waals surface area contributed by atoms with Gasteiger partial charge in [0.25, 0.3) is 0 Å². The number of Topliss-reactive ketones (excluding diaryl/α,β-unsaturated/α-hetero) is 1. The topological polar surface area (TPSA) is 492 Å². The number of carbonyl (C=O) groups excluding carboxylic acids is 6. The fraction of sp³-hybridized carbons (Fsp3) is 0.925. The number of rotatable bonds is 60. The maximum absolute atomic E-state index is 12.4. The lowest BCUT2D eigenvalue weighted by atomic mass is 9.77. The molecule has 0 spiro atoms. The molecule has 0 aromatic carbocycles. The summed E-state index contributed by atoms with van der Waals surface area (Å²) >= 11 is 0. The zero-order valence-electron chi connectivity index (χ0n) is 84.4. The van der Waals surface area contributed by atoms with E-state index in [1.807, 2.05) is 0 Å². The van der Waals surface area contributed by atoms with Crippen LogP contribution in [0.4, 0.5) is 0 Å². The largest absolute Gasteiger partial charge is 0.549 e. The van der Waals surface area contributed by atoms with Gasteiger partial charge in [-0.15, -0.1) is 0 Å². The molecule has 128 heavy (non-hydrogen) atoms. The first-order valence-corrected chi connectivity index (χ1v) is 56.5. The molecule has 2 saturated heterocycles. The number of nitrogens with zero attached hydrogens (tertiary/aromatic N) is 2. The summed E-state index contributed by atoms with van der Waals surface area (Å²) in [5.41, 5.74) is 16.2. The van der Waals surface area contributed by atoms with Crippen molar-refractivity contribution in [3.05, 3.63) is 0 Å². The molecule has 8 N–H and O–H groups in total. The predicted molar refractivity (Wildman–Crippen MR) is 500 cm³/mol. The van der Waals surface area contributed by atoms with E-state index in [0.717, 1.165) is 139 Å². The highest BCUT2D eigenvalue weighted by Gasteiger charge is 2.46. The van der Waals surface area contributed by atoms with Crippen molar-refractivity contribution in [1.29, 1.82) is 0 Å². The molecule has 0 aromatic heterocycles. The zero-order valence-corrected chi connectivity index (χ0v) is 92.4. The lowest BCUT2D eigenvalue weighted by molar-refractivity contribution is -0.145. The van der Waals surface area contributed by atoms with E-state index in [-0.39, 0.29) is 89.0 Å². The summed E-state index contributed by atoms with van der Waals surface area (Å²) in [6.45, 7) is 21.1. The quantitative estimate of drug-likeness (QED) is 0.0165. The van der Waals surface area contributed by atoms with Crippen LogP contribution in [0.1, 0.15) is 209 Å². The van der Waals surface area contributed by atoms with E-state index in [1.54, 1.807) is 142 Å². The Morgan fingerprint density at radius 2 is 0.508 bits per heavy atom. The molecule has 0 saturated carbocycles. The van der Waals surface area contributed by atoms with Crippen molar-refractivity contribution >= 4 is 107 Å². The number of piperidine rings is 2. The number of esters is 3. The minimum Gasteiger partial charge on any atom is -0.469 e. The van der Waals surface area contributed by atoms with Crippen molar-refractivity contribution in [2.75, 3.05) is 209 Å². The third-order valence-electron chi connectivity index (χ3n) is 21.9. The zero-order chi connectivity index (χ0) is 100. The number of amides is 2. The van der Waals surface area contributed by atoms with Gasteiger partial charge in [-0.2, -0.15) is 0 Å². The van der Waals surface area contributed by atoms with E-state index in [2.05, 4.69) is 94.7 Å². The minimum atomic E-state index is -2.56. The van der Waals surface area contributed by atoms with Gasteiger partial charge in [0.2, 0.25) is 11.8 Å². The summed E-state index contributed by atoms with van der Waals surface area (Å²) in [6, 6.07) is 4.94. The van der Waals surface area contributed by atoms with Crippen LogP contribution in [-0.2, 0) is 150 Å². The van der Waals surface area contributed by atoms with Crippen LogP contribution in [0.3, 0.4) is 0 Å². The van der Waals surface area contributed by atoms with Gasteiger partial charge in [-0.25, -0.2) is 0 Å². The maximum Gasteiger partial charge on any atom is 0.549 e. The van der Waals surface area contributed by atoms with E-state index < -0.39 is 71.4 Å². The molecule has 2 amide bonds. The fourth-order valence-corrected chi connectivity index (χ4v) is 24.4. The van der Waals surface area contributed by atoms with Crippen LogP contribution in [-0.4, -0.2) is 360 Å². The number of unbranched alkanes of at least 4 members (excludes halogenated alkanes) is 7. The van der Waals surface area contributed by atoms with E-state index >= 15 is 0 Å². The van der Waals surface area contributed by atoms with E-state index in [0.29, 0.717) is 77.8 Å². The Labute approximate surface area is 779 Å². The number of ether oxygens (including phenoxy) is 5.